The second kappa shape index (κ2) is 14.4. The molecule has 0 atom stereocenters. The van der Waals surface area contributed by atoms with Crippen LogP contribution in [0.2, 0.25) is 0 Å². The van der Waals surface area contributed by atoms with Gasteiger partial charge in [0.25, 0.3) is 11.8 Å². The van der Waals surface area contributed by atoms with Crippen LogP contribution in [0.4, 0.5) is 0 Å². The van der Waals surface area contributed by atoms with Crippen molar-refractivity contribution in [3.05, 3.63) is 70.8 Å². The Morgan fingerprint density at radius 2 is 1.56 bits per heavy atom. The summed E-state index contributed by atoms with van der Waals surface area (Å²) in [6.45, 7) is 4.11. The van der Waals surface area contributed by atoms with Crippen LogP contribution in [0, 0.1) is 0 Å². The van der Waals surface area contributed by atoms with Gasteiger partial charge in [0.1, 0.15) is 0 Å². The van der Waals surface area contributed by atoms with Gasteiger partial charge in [-0.15, -0.1) is 24.0 Å². The lowest BCUT2D eigenvalue weighted by molar-refractivity contribution is 0.0827. The highest BCUT2D eigenvalue weighted by atomic mass is 127. The van der Waals surface area contributed by atoms with Gasteiger partial charge in [-0.05, 0) is 55.2 Å². The van der Waals surface area contributed by atoms with Gasteiger partial charge in [0.15, 0.2) is 5.96 Å². The topological polar surface area (TPSA) is 85.8 Å². The van der Waals surface area contributed by atoms with Crippen LogP contribution in [0.5, 0.6) is 0 Å². The number of hydrogen-bond donors (Lipinski definition) is 3. The van der Waals surface area contributed by atoms with E-state index in [0.717, 1.165) is 36.5 Å². The molecule has 0 aliphatic rings. The summed E-state index contributed by atoms with van der Waals surface area (Å²) >= 11 is 0. The predicted molar refractivity (Wildman–Crippen MR) is 141 cm³/mol. The number of hydrogen-bond acceptors (Lipinski definition) is 3. The van der Waals surface area contributed by atoms with Crippen LogP contribution in [-0.4, -0.2) is 63.5 Å². The molecule has 2 rings (SSSR count). The molecule has 0 bridgehead atoms. The van der Waals surface area contributed by atoms with Crippen LogP contribution in [0.3, 0.4) is 0 Å². The third-order valence-corrected chi connectivity index (χ3v) is 4.72. The summed E-state index contributed by atoms with van der Waals surface area (Å²) in [6, 6.07) is 15.3. The van der Waals surface area contributed by atoms with Crippen LogP contribution in [0.1, 0.15) is 38.8 Å². The van der Waals surface area contributed by atoms with Crippen molar-refractivity contribution in [2.45, 2.75) is 19.8 Å². The maximum absolute atomic E-state index is 12.1. The minimum Gasteiger partial charge on any atom is -0.357 e. The number of carbonyl (C=O) groups excluding carboxylic acids is 2. The number of guanidine groups is 1. The molecular weight excluding hydrogens is 517 g/mol. The van der Waals surface area contributed by atoms with E-state index in [1.165, 1.54) is 0 Å². The normalized spacial score (nSPS) is 10.7. The van der Waals surface area contributed by atoms with Gasteiger partial charge < -0.3 is 20.9 Å². The summed E-state index contributed by atoms with van der Waals surface area (Å²) in [6.07, 6.45) is 1.53. The lowest BCUT2D eigenvalue weighted by Crippen LogP contribution is -2.38. The molecule has 0 saturated heterocycles. The minimum absolute atomic E-state index is 0. The number of nitrogens with one attached hydrogen (secondary N) is 3. The predicted octanol–water partition coefficient (Wildman–Crippen LogP) is 2.71. The molecule has 0 aliphatic heterocycles. The first-order valence-electron chi connectivity index (χ1n) is 10.6. The Morgan fingerprint density at radius 1 is 0.938 bits per heavy atom. The zero-order valence-electron chi connectivity index (χ0n) is 19.3. The molecule has 0 saturated carbocycles. The van der Waals surface area contributed by atoms with Crippen LogP contribution < -0.4 is 16.0 Å². The molecule has 0 unspecified atom stereocenters. The Balaban J connectivity index is 0.00000512. The first kappa shape index (κ1) is 27.4. The van der Waals surface area contributed by atoms with Gasteiger partial charge in [-0.3, -0.25) is 14.6 Å². The summed E-state index contributed by atoms with van der Waals surface area (Å²) in [4.78, 5) is 30.1. The summed E-state index contributed by atoms with van der Waals surface area (Å²) in [5.41, 5.74) is 3.52. The lowest BCUT2D eigenvalue weighted by Gasteiger charge is -2.13. The van der Waals surface area contributed by atoms with Gasteiger partial charge in [-0.1, -0.05) is 24.3 Å². The first-order valence-corrected chi connectivity index (χ1v) is 10.6. The Hall–Kier alpha value is -2.62. The molecule has 0 spiro atoms. The number of halogens is 1. The number of benzene rings is 2. The van der Waals surface area contributed by atoms with Crippen LogP contribution >= 0.6 is 24.0 Å². The van der Waals surface area contributed by atoms with Crippen LogP contribution in [-0.2, 0) is 12.8 Å². The van der Waals surface area contributed by atoms with Crippen molar-refractivity contribution in [3.63, 3.8) is 0 Å². The third kappa shape index (κ3) is 8.86. The monoisotopic (exact) mass is 551 g/mol. The summed E-state index contributed by atoms with van der Waals surface area (Å²) in [5, 5.41) is 9.24. The van der Waals surface area contributed by atoms with Crippen molar-refractivity contribution in [3.8, 4) is 0 Å². The fourth-order valence-corrected chi connectivity index (χ4v) is 3.09. The van der Waals surface area contributed by atoms with E-state index in [4.69, 9.17) is 0 Å². The van der Waals surface area contributed by atoms with Gasteiger partial charge in [-0.25, -0.2) is 0 Å². The number of carbonyl (C=O) groups is 2. The zero-order valence-corrected chi connectivity index (χ0v) is 21.6. The Kier molecular flexibility index (Phi) is 12.4. The molecule has 174 valence electrons. The maximum atomic E-state index is 12.1. The van der Waals surface area contributed by atoms with Gasteiger partial charge >= 0.3 is 0 Å². The highest BCUT2D eigenvalue weighted by Crippen LogP contribution is 2.08. The van der Waals surface area contributed by atoms with Crippen LogP contribution in [0.25, 0.3) is 0 Å². The molecule has 0 radical (unpaired) electrons. The Morgan fingerprint density at radius 3 is 2.19 bits per heavy atom. The minimum atomic E-state index is -0.0864. The van der Waals surface area contributed by atoms with Crippen molar-refractivity contribution < 1.29 is 9.59 Å². The van der Waals surface area contributed by atoms with Crippen molar-refractivity contribution in [2.75, 3.05) is 40.8 Å². The molecule has 7 nitrogen and oxygen atoms in total. The van der Waals surface area contributed by atoms with E-state index < -0.39 is 0 Å². The fraction of sp³-hybridized carbons (Fsp3) is 0.375. The molecule has 2 aromatic rings. The lowest BCUT2D eigenvalue weighted by atomic mass is 10.1. The van der Waals surface area contributed by atoms with E-state index in [1.54, 1.807) is 32.1 Å². The van der Waals surface area contributed by atoms with Crippen LogP contribution in [0.15, 0.2) is 53.5 Å². The fourth-order valence-electron chi connectivity index (χ4n) is 3.09. The van der Waals surface area contributed by atoms with E-state index in [0.29, 0.717) is 24.2 Å². The highest BCUT2D eigenvalue weighted by Gasteiger charge is 2.08. The van der Waals surface area contributed by atoms with Crippen molar-refractivity contribution in [2.24, 2.45) is 4.99 Å². The summed E-state index contributed by atoms with van der Waals surface area (Å²) < 4.78 is 0. The molecule has 0 aliphatic carbocycles. The number of nitrogens with zero attached hydrogens (tertiary/aromatic N) is 2. The van der Waals surface area contributed by atoms with Gasteiger partial charge in [0.2, 0.25) is 0 Å². The third-order valence-electron chi connectivity index (χ3n) is 4.72. The molecule has 32 heavy (non-hydrogen) atoms. The second-order valence-electron chi connectivity index (χ2n) is 7.37. The standard InChI is InChI=1S/C24H33N5O2.HI/c1-5-26-24(27-14-12-18-8-6-10-20(16-18)22(30)25-2)28-15-13-19-9-7-11-21(17-19)23(31)29(3)4;/h6-11,16-17H,5,12-15H2,1-4H3,(H,25,30)(H2,26,27,28);1H. The Labute approximate surface area is 208 Å². The SMILES string of the molecule is CCNC(=NCCc1cccc(C(=O)NC)c1)NCCc1cccc(C(=O)N(C)C)c1.I. The second-order valence-corrected chi connectivity index (χ2v) is 7.37. The van der Waals surface area contributed by atoms with Crippen molar-refractivity contribution in [1.29, 1.82) is 0 Å². The van der Waals surface area contributed by atoms with Gasteiger partial charge in [0.05, 0.1) is 0 Å². The maximum Gasteiger partial charge on any atom is 0.253 e. The molecular formula is C24H34IN5O2. The van der Waals surface area contributed by atoms with E-state index in [9.17, 15) is 9.59 Å². The average molecular weight is 551 g/mol. The van der Waals surface area contributed by atoms with Gasteiger partial charge in [0, 0.05) is 51.9 Å². The van der Waals surface area contributed by atoms with E-state index >= 15 is 0 Å². The van der Waals surface area contributed by atoms with Gasteiger partial charge in [-0.2, -0.15) is 0 Å². The highest BCUT2D eigenvalue weighted by molar-refractivity contribution is 14.0. The average Bonchev–Trinajstić information content (AvgIpc) is 2.78. The number of aliphatic imine (C=N–C) groups is 1. The molecule has 2 amide bonds. The summed E-state index contributed by atoms with van der Waals surface area (Å²) in [5.74, 6) is 0.674. The van der Waals surface area contributed by atoms with E-state index in [1.807, 2.05) is 49.4 Å². The van der Waals surface area contributed by atoms with E-state index in [-0.39, 0.29) is 35.8 Å². The smallest absolute Gasteiger partial charge is 0.253 e. The molecule has 0 aromatic heterocycles. The largest absolute Gasteiger partial charge is 0.357 e. The number of rotatable bonds is 9. The summed E-state index contributed by atoms with van der Waals surface area (Å²) in [7, 11) is 5.14. The quantitative estimate of drug-likeness (QED) is 0.254. The van der Waals surface area contributed by atoms with Crippen molar-refractivity contribution in [1.82, 2.24) is 20.9 Å². The van der Waals surface area contributed by atoms with E-state index in [2.05, 4.69) is 20.9 Å². The zero-order chi connectivity index (χ0) is 22.6. The first-order chi connectivity index (χ1) is 14.9. The molecule has 2 aromatic carbocycles. The molecule has 8 heteroatoms. The molecule has 0 fully saturated rings. The Bertz CT molecular complexity index is 915. The molecule has 3 N–H and O–H groups in total. The number of amides is 2. The molecule has 0 heterocycles. The van der Waals surface area contributed by atoms with Crippen molar-refractivity contribution >= 4 is 41.8 Å².